The SMILES string of the molecule is Cc1cn([C@H]2C[C@@H](OC(=O)CCC(=O)O)[C@@H](CO)O2)c(=O)[nH]c1=O. The van der Waals surface area contributed by atoms with Crippen molar-refractivity contribution in [2.24, 2.45) is 0 Å². The maximum absolute atomic E-state index is 11.9. The normalized spacial score (nSPS) is 23.2. The van der Waals surface area contributed by atoms with E-state index in [-0.39, 0.29) is 19.3 Å². The van der Waals surface area contributed by atoms with E-state index in [9.17, 15) is 24.3 Å². The van der Waals surface area contributed by atoms with Crippen molar-refractivity contribution in [1.82, 2.24) is 9.55 Å². The predicted molar refractivity (Wildman–Crippen MR) is 78.4 cm³/mol. The Balaban J connectivity index is 2.10. The van der Waals surface area contributed by atoms with Gasteiger partial charge in [-0.1, -0.05) is 0 Å². The van der Waals surface area contributed by atoms with Crippen LogP contribution in [0.15, 0.2) is 15.8 Å². The summed E-state index contributed by atoms with van der Waals surface area (Å²) in [7, 11) is 0. The van der Waals surface area contributed by atoms with Crippen LogP contribution in [-0.4, -0.2) is 50.5 Å². The number of H-pyrrole nitrogens is 1. The lowest BCUT2D eigenvalue weighted by molar-refractivity contribution is -0.155. The van der Waals surface area contributed by atoms with Crippen molar-refractivity contribution >= 4 is 11.9 Å². The van der Waals surface area contributed by atoms with Gasteiger partial charge in [0.05, 0.1) is 19.4 Å². The van der Waals surface area contributed by atoms with Crippen LogP contribution in [0.3, 0.4) is 0 Å². The van der Waals surface area contributed by atoms with E-state index in [1.165, 1.54) is 13.1 Å². The fourth-order valence-electron chi connectivity index (χ4n) is 2.40. The van der Waals surface area contributed by atoms with Crippen LogP contribution in [0.2, 0.25) is 0 Å². The fraction of sp³-hybridized carbons (Fsp3) is 0.571. The van der Waals surface area contributed by atoms with E-state index in [2.05, 4.69) is 4.98 Å². The number of ether oxygens (including phenoxy) is 2. The van der Waals surface area contributed by atoms with Gasteiger partial charge in [-0.15, -0.1) is 0 Å². The molecule has 0 unspecified atom stereocenters. The zero-order valence-corrected chi connectivity index (χ0v) is 12.9. The monoisotopic (exact) mass is 342 g/mol. The summed E-state index contributed by atoms with van der Waals surface area (Å²) >= 11 is 0. The van der Waals surface area contributed by atoms with E-state index in [4.69, 9.17) is 14.6 Å². The number of aromatic amines is 1. The Hall–Kier alpha value is -2.46. The van der Waals surface area contributed by atoms with Crippen LogP contribution in [-0.2, 0) is 19.1 Å². The number of carbonyl (C=O) groups excluding carboxylic acids is 1. The van der Waals surface area contributed by atoms with Crippen LogP contribution in [0, 0.1) is 6.92 Å². The Bertz CT molecular complexity index is 737. The molecule has 2 rings (SSSR count). The van der Waals surface area contributed by atoms with Crippen molar-refractivity contribution in [1.29, 1.82) is 0 Å². The Morgan fingerprint density at radius 3 is 2.75 bits per heavy atom. The summed E-state index contributed by atoms with van der Waals surface area (Å²) in [6.07, 6.45) is -1.72. The van der Waals surface area contributed by atoms with Crippen molar-refractivity contribution in [2.45, 2.75) is 44.6 Å². The van der Waals surface area contributed by atoms with E-state index >= 15 is 0 Å². The summed E-state index contributed by atoms with van der Waals surface area (Å²) in [6, 6.07) is 0. The zero-order chi connectivity index (χ0) is 17.9. The Labute approximate surface area is 135 Å². The average molecular weight is 342 g/mol. The van der Waals surface area contributed by atoms with E-state index in [0.29, 0.717) is 5.56 Å². The van der Waals surface area contributed by atoms with Gasteiger partial charge in [-0.25, -0.2) is 4.79 Å². The van der Waals surface area contributed by atoms with E-state index in [0.717, 1.165) is 4.57 Å². The molecule has 1 aromatic rings. The lowest BCUT2D eigenvalue weighted by atomic mass is 10.2. The first-order chi connectivity index (χ1) is 11.3. The first-order valence-electron chi connectivity index (χ1n) is 7.31. The molecule has 0 aromatic carbocycles. The highest BCUT2D eigenvalue weighted by molar-refractivity contribution is 5.76. The van der Waals surface area contributed by atoms with Gasteiger partial charge in [0.25, 0.3) is 5.56 Å². The van der Waals surface area contributed by atoms with Gasteiger partial charge in [0.2, 0.25) is 0 Å². The fourth-order valence-corrected chi connectivity index (χ4v) is 2.40. The molecular weight excluding hydrogens is 324 g/mol. The molecule has 0 bridgehead atoms. The predicted octanol–water partition coefficient (Wildman–Crippen LogP) is -1.10. The lowest BCUT2D eigenvalue weighted by Gasteiger charge is -2.16. The third kappa shape index (κ3) is 4.09. The second kappa shape index (κ2) is 7.41. The molecule has 10 heteroatoms. The van der Waals surface area contributed by atoms with Crippen LogP contribution in [0.1, 0.15) is 31.1 Å². The first-order valence-corrected chi connectivity index (χ1v) is 7.31. The van der Waals surface area contributed by atoms with Crippen LogP contribution in [0.25, 0.3) is 0 Å². The summed E-state index contributed by atoms with van der Waals surface area (Å²) < 4.78 is 11.8. The molecule has 132 valence electrons. The number of hydrogen-bond acceptors (Lipinski definition) is 7. The number of carboxylic acids is 1. The molecule has 0 aliphatic carbocycles. The van der Waals surface area contributed by atoms with Gasteiger partial charge in [0.1, 0.15) is 18.4 Å². The second-order valence-electron chi connectivity index (χ2n) is 5.45. The van der Waals surface area contributed by atoms with Gasteiger partial charge in [0.15, 0.2) is 0 Å². The molecule has 0 radical (unpaired) electrons. The minimum atomic E-state index is -1.12. The van der Waals surface area contributed by atoms with Crippen molar-refractivity contribution in [2.75, 3.05) is 6.61 Å². The average Bonchev–Trinajstić information content (AvgIpc) is 2.91. The Kier molecular flexibility index (Phi) is 5.52. The number of carboxylic acid groups (broad SMARTS) is 1. The summed E-state index contributed by atoms with van der Waals surface area (Å²) in [5.74, 6) is -1.85. The standard InChI is InChI=1S/C14H18N2O8/c1-7-5-16(14(22)15-13(7)21)10-4-8(9(6-17)23-10)24-12(20)3-2-11(18)19/h5,8-10,17H,2-4,6H2,1H3,(H,18,19)(H,15,21,22)/t8-,9-,10-/m1/s1. The lowest BCUT2D eigenvalue weighted by Crippen LogP contribution is -2.33. The van der Waals surface area contributed by atoms with Gasteiger partial charge in [-0.3, -0.25) is 23.9 Å². The Morgan fingerprint density at radius 2 is 2.12 bits per heavy atom. The third-order valence-electron chi connectivity index (χ3n) is 3.64. The number of aromatic nitrogens is 2. The number of hydrogen-bond donors (Lipinski definition) is 3. The molecule has 0 spiro atoms. The molecule has 3 atom stereocenters. The molecule has 1 aliphatic rings. The van der Waals surface area contributed by atoms with Crippen molar-refractivity contribution < 1.29 is 29.3 Å². The minimum absolute atomic E-state index is 0.0927. The number of aryl methyl sites for hydroxylation is 1. The smallest absolute Gasteiger partial charge is 0.330 e. The second-order valence-corrected chi connectivity index (χ2v) is 5.45. The van der Waals surface area contributed by atoms with E-state index in [1.807, 2.05) is 0 Å². The first kappa shape index (κ1) is 17.9. The molecule has 1 fully saturated rings. The van der Waals surface area contributed by atoms with E-state index < -0.39 is 48.2 Å². The summed E-state index contributed by atoms with van der Waals surface area (Å²) in [4.78, 5) is 47.5. The Morgan fingerprint density at radius 1 is 1.42 bits per heavy atom. The molecule has 0 amide bonds. The molecule has 24 heavy (non-hydrogen) atoms. The van der Waals surface area contributed by atoms with Gasteiger partial charge in [-0.2, -0.15) is 0 Å². The number of carbonyl (C=O) groups is 2. The van der Waals surface area contributed by atoms with Crippen LogP contribution >= 0.6 is 0 Å². The van der Waals surface area contributed by atoms with Gasteiger partial charge >= 0.3 is 17.6 Å². The van der Waals surface area contributed by atoms with Crippen molar-refractivity contribution in [3.63, 3.8) is 0 Å². The number of esters is 1. The van der Waals surface area contributed by atoms with Gasteiger partial charge < -0.3 is 19.7 Å². The summed E-state index contributed by atoms with van der Waals surface area (Å²) in [5.41, 5.74) is -0.879. The molecular formula is C14H18N2O8. The van der Waals surface area contributed by atoms with Gasteiger partial charge in [-0.05, 0) is 6.92 Å². The zero-order valence-electron chi connectivity index (χ0n) is 12.9. The number of aliphatic hydroxyl groups excluding tert-OH is 1. The quantitative estimate of drug-likeness (QED) is 0.552. The molecule has 1 aromatic heterocycles. The summed E-state index contributed by atoms with van der Waals surface area (Å²) in [5, 5.41) is 17.9. The van der Waals surface area contributed by atoms with Crippen molar-refractivity contribution in [3.8, 4) is 0 Å². The minimum Gasteiger partial charge on any atom is -0.481 e. The summed E-state index contributed by atoms with van der Waals surface area (Å²) in [6.45, 7) is 1.08. The molecule has 3 N–H and O–H groups in total. The molecule has 1 saturated heterocycles. The third-order valence-corrected chi connectivity index (χ3v) is 3.64. The molecule has 2 heterocycles. The topological polar surface area (TPSA) is 148 Å². The number of nitrogens with one attached hydrogen (secondary N) is 1. The van der Waals surface area contributed by atoms with Crippen LogP contribution in [0.4, 0.5) is 0 Å². The largest absolute Gasteiger partial charge is 0.481 e. The highest BCUT2D eigenvalue weighted by atomic mass is 16.6. The maximum atomic E-state index is 11.9. The number of rotatable bonds is 6. The molecule has 1 aliphatic heterocycles. The number of aliphatic carboxylic acids is 1. The van der Waals surface area contributed by atoms with Gasteiger partial charge in [0, 0.05) is 18.2 Å². The van der Waals surface area contributed by atoms with Crippen LogP contribution < -0.4 is 11.2 Å². The maximum Gasteiger partial charge on any atom is 0.330 e. The van der Waals surface area contributed by atoms with Crippen molar-refractivity contribution in [3.05, 3.63) is 32.6 Å². The number of nitrogens with zero attached hydrogens (tertiary/aromatic N) is 1. The molecule has 10 nitrogen and oxygen atoms in total. The molecule has 0 saturated carbocycles. The number of aliphatic hydroxyl groups is 1. The highest BCUT2D eigenvalue weighted by Gasteiger charge is 2.39. The van der Waals surface area contributed by atoms with E-state index in [1.54, 1.807) is 0 Å². The van der Waals surface area contributed by atoms with Crippen LogP contribution in [0.5, 0.6) is 0 Å². The highest BCUT2D eigenvalue weighted by Crippen LogP contribution is 2.30.